The molecule has 380 valence electrons. The monoisotopic (exact) mass is 990 g/mol. The topological polar surface area (TPSA) is 357 Å². The fourth-order valence-electron chi connectivity index (χ4n) is 8.64. The van der Waals surface area contributed by atoms with E-state index in [4.69, 9.17) is 23.4 Å². The number of rotatable bonds is 16. The minimum atomic E-state index is -1.08. The molecule has 8 amide bonds. The Hall–Kier alpha value is -8.45. The number of terminal acetylenes is 1. The molecule has 0 spiro atoms. The first kappa shape index (κ1) is 54.5. The number of nitrogens with two attached hydrogens (primary N) is 2. The zero-order chi connectivity index (χ0) is 52.2. The fraction of sp³-hybridized carbons (Fsp3) is 0.458. The van der Waals surface area contributed by atoms with E-state index < -0.39 is 83.9 Å². The third kappa shape index (κ3) is 16.3. The molecular formula is C48H58N14O10. The van der Waals surface area contributed by atoms with Gasteiger partial charge in [0.05, 0.1) is 30.9 Å². The van der Waals surface area contributed by atoms with E-state index in [-0.39, 0.29) is 75.6 Å². The second-order valence-electron chi connectivity index (χ2n) is 17.5. The van der Waals surface area contributed by atoms with E-state index in [1.54, 1.807) is 0 Å². The van der Waals surface area contributed by atoms with Gasteiger partial charge in [0.25, 0.3) is 0 Å². The molecule has 6 atom stereocenters. The molecule has 6 unspecified atom stereocenters. The summed E-state index contributed by atoms with van der Waals surface area (Å²) in [6, 6.07) is 14.8. The zero-order valence-electron chi connectivity index (χ0n) is 39.5. The van der Waals surface area contributed by atoms with Crippen LogP contribution in [0.1, 0.15) is 61.8 Å². The number of ketones is 2. The van der Waals surface area contributed by atoms with Crippen LogP contribution in [0.3, 0.4) is 0 Å². The lowest BCUT2D eigenvalue weighted by atomic mass is 9.90. The van der Waals surface area contributed by atoms with E-state index in [2.05, 4.69) is 47.5 Å². The number of Topliss-reactive ketones (excluding diaryl/α,β-unsaturated/α-hetero) is 2. The summed E-state index contributed by atoms with van der Waals surface area (Å²) in [5, 5.41) is 21.1. The van der Waals surface area contributed by atoms with Crippen molar-refractivity contribution >= 4 is 58.8 Å². The minimum Gasteiger partial charge on any atom is -0.368 e. The third-order valence-corrected chi connectivity index (χ3v) is 12.3. The number of amides is 8. The van der Waals surface area contributed by atoms with E-state index >= 15 is 0 Å². The van der Waals surface area contributed by atoms with Gasteiger partial charge in [-0.25, -0.2) is 4.68 Å². The fourth-order valence-corrected chi connectivity index (χ4v) is 8.64. The van der Waals surface area contributed by atoms with Crippen LogP contribution >= 0.6 is 0 Å². The van der Waals surface area contributed by atoms with Crippen molar-refractivity contribution in [1.29, 1.82) is 0 Å². The van der Waals surface area contributed by atoms with Gasteiger partial charge in [-0.3, -0.25) is 47.9 Å². The van der Waals surface area contributed by atoms with Crippen LogP contribution in [0.5, 0.6) is 0 Å². The first-order valence-corrected chi connectivity index (χ1v) is 23.3. The molecule has 3 aromatic rings. The maximum absolute atomic E-state index is 13.3. The molecule has 4 heterocycles. The maximum atomic E-state index is 13.3. The number of primary amides is 2. The lowest BCUT2D eigenvalue weighted by molar-refractivity contribution is -0.139. The van der Waals surface area contributed by atoms with Crippen molar-refractivity contribution in [3.63, 3.8) is 0 Å². The highest BCUT2D eigenvalue weighted by molar-refractivity contribution is 5.96. The number of fused-ring (bicyclic) bond motifs is 3. The zero-order valence-corrected chi connectivity index (χ0v) is 39.5. The molecule has 2 aromatic carbocycles. The number of azide groups is 1. The third-order valence-electron chi connectivity index (χ3n) is 12.3. The van der Waals surface area contributed by atoms with Gasteiger partial charge in [-0.05, 0) is 55.2 Å². The number of benzene rings is 2. The Morgan fingerprint density at radius 3 is 2.31 bits per heavy atom. The van der Waals surface area contributed by atoms with Gasteiger partial charge >= 0.3 is 0 Å². The van der Waals surface area contributed by atoms with Gasteiger partial charge in [-0.1, -0.05) is 71.0 Å². The molecule has 0 radical (unpaired) electrons. The molecule has 0 aliphatic carbocycles. The standard InChI is InChI=1S/2C24H29N7O5/c25-23(35)18-11-17-13-30(29-28-17)14-21(33)26-12-22(34)31-8-4-7-19(31)20(32)10-16(24(36)27-18)9-15-5-2-1-3-6-15;1-2-7-18(23(25)35)29-24(36)17(12-16-8-4-3-5-9-16)13-20(32)19-10-6-11-31(19)22(34)15-27-21(33)14-28-30-26/h1-3,5-6,13,16,18-19H,4,7-12,14H2,(H2,25,35)(H,26,33)(H,27,36);1,3-5,8-9,17-19H,6-7,10-15H2,(H2,25,35)(H,27,33)(H,29,36). The molecular weight excluding hydrogens is 933 g/mol. The van der Waals surface area contributed by atoms with Crippen molar-refractivity contribution in [1.82, 2.24) is 46.1 Å². The van der Waals surface area contributed by atoms with Gasteiger partial charge < -0.3 is 42.5 Å². The number of carbonyl (C=O) groups excluding carboxylic acids is 10. The SMILES string of the molecule is C#CCC(NC(=O)C(CC(=O)C1CCCN1C(=O)CNC(=O)CN=[N+]=[N-])Cc1ccccc1)C(N)=O.NC(=O)C1Cc2cn(nn2)CC(=O)NCC(=O)N2CCCC2C(=O)CC(Cc2ccccc2)C(=O)N1. The quantitative estimate of drug-likeness (QED) is 0.0433. The van der Waals surface area contributed by atoms with E-state index in [1.807, 2.05) is 60.7 Å². The molecule has 3 aliphatic heterocycles. The summed E-state index contributed by atoms with van der Waals surface area (Å²) < 4.78 is 1.27. The summed E-state index contributed by atoms with van der Waals surface area (Å²) in [6.07, 6.45) is 9.03. The van der Waals surface area contributed by atoms with Gasteiger partial charge in [-0.2, -0.15) is 0 Å². The van der Waals surface area contributed by atoms with Crippen molar-refractivity contribution in [2.45, 2.75) is 94.9 Å². The summed E-state index contributed by atoms with van der Waals surface area (Å²) in [5.74, 6) is -4.26. The van der Waals surface area contributed by atoms with Crippen molar-refractivity contribution in [2.75, 3.05) is 32.7 Å². The molecule has 24 nitrogen and oxygen atoms in total. The van der Waals surface area contributed by atoms with Crippen LogP contribution in [0, 0.1) is 24.2 Å². The first-order chi connectivity index (χ1) is 34.6. The van der Waals surface area contributed by atoms with Gasteiger partial charge in [-0.15, -0.1) is 17.4 Å². The minimum absolute atomic E-state index is 0.0242. The molecule has 8 N–H and O–H groups in total. The second kappa shape index (κ2) is 27.1. The number of aromatic nitrogens is 3. The average Bonchev–Trinajstić information content (AvgIpc) is 4.16. The summed E-state index contributed by atoms with van der Waals surface area (Å²) >= 11 is 0. The van der Waals surface area contributed by atoms with Crippen LogP contribution in [-0.2, 0) is 73.8 Å². The van der Waals surface area contributed by atoms with Crippen molar-refractivity contribution in [2.24, 2.45) is 28.4 Å². The maximum Gasteiger partial charge on any atom is 0.242 e. The molecule has 2 fully saturated rings. The summed E-state index contributed by atoms with van der Waals surface area (Å²) in [5.41, 5.74) is 21.2. The largest absolute Gasteiger partial charge is 0.368 e. The van der Waals surface area contributed by atoms with E-state index in [1.165, 1.54) is 20.7 Å². The molecule has 0 saturated carbocycles. The van der Waals surface area contributed by atoms with Crippen LogP contribution in [0.15, 0.2) is 72.0 Å². The van der Waals surface area contributed by atoms with Crippen molar-refractivity contribution < 1.29 is 47.9 Å². The highest BCUT2D eigenvalue weighted by Crippen LogP contribution is 2.25. The normalized spacial score (nSPS) is 20.0. The van der Waals surface area contributed by atoms with Crippen LogP contribution in [0.2, 0.25) is 0 Å². The van der Waals surface area contributed by atoms with Crippen LogP contribution in [0.25, 0.3) is 10.4 Å². The van der Waals surface area contributed by atoms with Gasteiger partial charge in [0.1, 0.15) is 25.2 Å². The number of carbonyl (C=O) groups is 10. The Bertz CT molecular complexity index is 2560. The summed E-state index contributed by atoms with van der Waals surface area (Å²) in [7, 11) is 0. The Kier molecular flexibility index (Phi) is 20.5. The lowest BCUT2D eigenvalue weighted by Crippen LogP contribution is -2.49. The Morgan fingerprint density at radius 1 is 0.944 bits per heavy atom. The number of nitrogens with one attached hydrogen (secondary N) is 4. The number of likely N-dealkylation sites (tertiary alicyclic amines) is 1. The second-order valence-corrected chi connectivity index (χ2v) is 17.5. The average molecular weight is 991 g/mol. The van der Waals surface area contributed by atoms with Gasteiger partial charge in [0.2, 0.25) is 47.3 Å². The predicted octanol–water partition coefficient (Wildman–Crippen LogP) is -1.05. The molecule has 2 bridgehead atoms. The van der Waals surface area contributed by atoms with Crippen LogP contribution in [-0.4, -0.2) is 141 Å². The van der Waals surface area contributed by atoms with Gasteiger partial charge in [0.15, 0.2) is 11.6 Å². The number of nitrogens with zero attached hydrogens (tertiary/aromatic N) is 8. The number of hydrogen-bond acceptors (Lipinski definition) is 13. The summed E-state index contributed by atoms with van der Waals surface area (Å²) in [6.45, 7) is -0.477. The number of hydrogen-bond donors (Lipinski definition) is 6. The molecule has 2 saturated heterocycles. The van der Waals surface area contributed by atoms with Crippen molar-refractivity contribution in [3.05, 3.63) is 94.1 Å². The smallest absolute Gasteiger partial charge is 0.242 e. The van der Waals surface area contributed by atoms with Crippen molar-refractivity contribution in [3.8, 4) is 12.3 Å². The molecule has 1 aromatic heterocycles. The van der Waals surface area contributed by atoms with Crippen LogP contribution in [0.4, 0.5) is 0 Å². The molecule has 24 heteroatoms. The Morgan fingerprint density at radius 2 is 1.64 bits per heavy atom. The molecule has 3 aliphatic rings. The highest BCUT2D eigenvalue weighted by Gasteiger charge is 2.38. The van der Waals surface area contributed by atoms with E-state index in [0.29, 0.717) is 44.5 Å². The predicted molar refractivity (Wildman–Crippen MR) is 255 cm³/mol. The Labute approximate surface area is 414 Å². The lowest BCUT2D eigenvalue weighted by Gasteiger charge is -2.26. The van der Waals surface area contributed by atoms with E-state index in [9.17, 15) is 47.9 Å². The Balaban J connectivity index is 0.000000267. The van der Waals surface area contributed by atoms with Crippen LogP contribution < -0.4 is 32.7 Å². The van der Waals surface area contributed by atoms with Gasteiger partial charge in [0, 0.05) is 61.7 Å². The molecule has 6 rings (SSSR count). The summed E-state index contributed by atoms with van der Waals surface area (Å²) in [4.78, 5) is 132. The first-order valence-electron chi connectivity index (χ1n) is 23.3. The molecule has 72 heavy (non-hydrogen) atoms. The highest BCUT2D eigenvalue weighted by atomic mass is 16.2. The van der Waals surface area contributed by atoms with E-state index in [0.717, 1.165) is 11.1 Å².